The van der Waals surface area contributed by atoms with E-state index in [0.29, 0.717) is 17.2 Å². The van der Waals surface area contributed by atoms with Gasteiger partial charge in [0.25, 0.3) is 0 Å². The largest absolute Gasteiger partial charge is 0.762 e. The van der Waals surface area contributed by atoms with Crippen LogP contribution in [-0.2, 0) is 11.3 Å². The van der Waals surface area contributed by atoms with Crippen LogP contribution >= 0.6 is 0 Å². The van der Waals surface area contributed by atoms with Crippen LogP contribution in [0.5, 0.6) is 5.88 Å². The Kier molecular flexibility index (Phi) is 6.07. The molecule has 7 nitrogen and oxygen atoms in total. The maximum absolute atomic E-state index is 13.6. The summed E-state index contributed by atoms with van der Waals surface area (Å²) in [4.78, 5) is 29.7. The standard InChI is InChI=1S/C21H20FN2O5/c1-3-29-23(28)11-10-14-4-6-15(7-5-14)20(26)19-17-9-8-16(22)12-18(17)24(13(2)25)21(19)27/h4-9,12,27H,3,10-11H2,1-2H3/q-1. The smallest absolute Gasteiger partial charge is 0.230 e. The van der Waals surface area contributed by atoms with E-state index in [-0.39, 0.29) is 29.6 Å². The highest BCUT2D eigenvalue weighted by molar-refractivity contribution is 6.19. The predicted molar refractivity (Wildman–Crippen MR) is 105 cm³/mol. The van der Waals surface area contributed by atoms with E-state index < -0.39 is 23.4 Å². The molecule has 29 heavy (non-hydrogen) atoms. The van der Waals surface area contributed by atoms with Crippen molar-refractivity contribution in [1.29, 1.82) is 0 Å². The minimum atomic E-state index is -0.583. The van der Waals surface area contributed by atoms with E-state index in [1.165, 1.54) is 19.1 Å². The summed E-state index contributed by atoms with van der Waals surface area (Å²) in [5.41, 5.74) is 1.19. The van der Waals surface area contributed by atoms with Gasteiger partial charge in [-0.25, -0.2) is 8.96 Å². The molecular formula is C21H20FN2O5-. The van der Waals surface area contributed by atoms with Gasteiger partial charge in [-0.3, -0.25) is 14.8 Å². The molecule has 0 bridgehead atoms. The number of rotatable bonds is 7. The Hall–Kier alpha value is -3.07. The molecule has 0 saturated heterocycles. The summed E-state index contributed by atoms with van der Waals surface area (Å²) in [6.07, 6.45) is 0.437. The Morgan fingerprint density at radius 2 is 1.90 bits per heavy atom. The van der Waals surface area contributed by atoms with Crippen molar-refractivity contribution in [3.8, 4) is 5.88 Å². The first-order valence-electron chi connectivity index (χ1n) is 9.08. The summed E-state index contributed by atoms with van der Waals surface area (Å²) in [5, 5.41) is 22.7. The Labute approximate surface area is 166 Å². The van der Waals surface area contributed by atoms with Gasteiger partial charge in [-0.1, -0.05) is 24.3 Å². The third kappa shape index (κ3) is 4.19. The highest BCUT2D eigenvalue weighted by Gasteiger charge is 2.25. The van der Waals surface area contributed by atoms with E-state index in [1.54, 1.807) is 31.2 Å². The summed E-state index contributed by atoms with van der Waals surface area (Å²) in [6.45, 7) is 3.38. The topological polar surface area (TPSA) is 94.8 Å². The molecule has 1 N–H and O–H groups in total. The summed E-state index contributed by atoms with van der Waals surface area (Å²) in [5.74, 6) is -2.14. The molecule has 1 heterocycles. The fourth-order valence-electron chi connectivity index (χ4n) is 3.19. The van der Waals surface area contributed by atoms with Crippen molar-refractivity contribution >= 4 is 22.6 Å². The van der Waals surface area contributed by atoms with Gasteiger partial charge in [-0.05, 0) is 37.1 Å². The fourth-order valence-corrected chi connectivity index (χ4v) is 3.19. The third-order valence-electron chi connectivity index (χ3n) is 4.52. The molecule has 0 aliphatic heterocycles. The molecule has 8 heteroatoms. The number of halogens is 1. The Balaban J connectivity index is 1.92. The molecule has 0 aliphatic carbocycles. The second-order valence-electron chi connectivity index (χ2n) is 6.46. The van der Waals surface area contributed by atoms with E-state index >= 15 is 0 Å². The second-order valence-corrected chi connectivity index (χ2v) is 6.46. The molecule has 0 amide bonds. The monoisotopic (exact) mass is 399 g/mol. The quantitative estimate of drug-likeness (QED) is 0.481. The highest BCUT2D eigenvalue weighted by Crippen LogP contribution is 2.33. The van der Waals surface area contributed by atoms with E-state index in [0.717, 1.165) is 16.2 Å². The van der Waals surface area contributed by atoms with Crippen molar-refractivity contribution in [2.75, 3.05) is 13.2 Å². The van der Waals surface area contributed by atoms with Crippen LogP contribution in [0.1, 0.15) is 40.1 Å². The zero-order chi connectivity index (χ0) is 21.1. The van der Waals surface area contributed by atoms with Crippen molar-refractivity contribution in [2.24, 2.45) is 0 Å². The lowest BCUT2D eigenvalue weighted by molar-refractivity contribution is -0.114. The van der Waals surface area contributed by atoms with Crippen LogP contribution in [0.4, 0.5) is 4.39 Å². The van der Waals surface area contributed by atoms with Crippen molar-refractivity contribution in [2.45, 2.75) is 20.3 Å². The minimum absolute atomic E-state index is 0.0648. The first kappa shape index (κ1) is 20.7. The van der Waals surface area contributed by atoms with Crippen LogP contribution in [0.25, 0.3) is 10.9 Å². The number of hydroxylamine groups is 2. The maximum Gasteiger partial charge on any atom is 0.230 e. The third-order valence-corrected chi connectivity index (χ3v) is 4.52. The number of benzene rings is 2. The lowest BCUT2D eigenvalue weighted by Crippen LogP contribution is -2.19. The Morgan fingerprint density at radius 1 is 1.21 bits per heavy atom. The highest BCUT2D eigenvalue weighted by atomic mass is 19.1. The molecule has 0 saturated carbocycles. The zero-order valence-electron chi connectivity index (χ0n) is 16.0. The van der Waals surface area contributed by atoms with Crippen LogP contribution in [0.15, 0.2) is 42.5 Å². The van der Waals surface area contributed by atoms with Gasteiger partial charge in [0, 0.05) is 24.4 Å². The van der Waals surface area contributed by atoms with Crippen LogP contribution in [-0.4, -0.2) is 39.7 Å². The number of hydrogen-bond acceptors (Lipinski definition) is 6. The number of aromatic nitrogens is 1. The van der Waals surface area contributed by atoms with E-state index in [9.17, 15) is 24.3 Å². The lowest BCUT2D eigenvalue weighted by atomic mass is 10.0. The van der Waals surface area contributed by atoms with Crippen LogP contribution < -0.4 is 0 Å². The van der Waals surface area contributed by atoms with Gasteiger partial charge in [0.2, 0.25) is 11.8 Å². The van der Waals surface area contributed by atoms with Crippen LogP contribution in [0.2, 0.25) is 0 Å². The second kappa shape index (κ2) is 8.52. The van der Waals surface area contributed by atoms with Gasteiger partial charge in [0.1, 0.15) is 5.82 Å². The van der Waals surface area contributed by atoms with Gasteiger partial charge in [0.05, 0.1) is 17.7 Å². The molecule has 152 valence electrons. The van der Waals surface area contributed by atoms with Gasteiger partial charge >= 0.3 is 0 Å². The number of aromatic hydroxyl groups is 1. The predicted octanol–water partition coefficient (Wildman–Crippen LogP) is 3.67. The molecule has 0 atom stereocenters. The Bertz CT molecular complexity index is 1060. The van der Waals surface area contributed by atoms with Crippen LogP contribution in [0.3, 0.4) is 0 Å². The number of carbonyl (C=O) groups excluding carboxylic acids is 2. The maximum atomic E-state index is 13.6. The molecule has 0 unspecified atom stereocenters. The van der Waals surface area contributed by atoms with Gasteiger partial charge < -0.3 is 15.2 Å². The van der Waals surface area contributed by atoms with Crippen molar-refractivity contribution in [3.05, 3.63) is 70.2 Å². The number of carbonyl (C=O) groups is 2. The first-order valence-corrected chi connectivity index (χ1v) is 9.08. The molecule has 1 aromatic heterocycles. The lowest BCUT2D eigenvalue weighted by Gasteiger charge is -2.26. The summed E-state index contributed by atoms with van der Waals surface area (Å²) in [7, 11) is 0. The summed E-state index contributed by atoms with van der Waals surface area (Å²) in [6, 6.07) is 10.2. The van der Waals surface area contributed by atoms with Gasteiger partial charge in [-0.15, -0.1) is 0 Å². The normalized spacial score (nSPS) is 11.3. The zero-order valence-corrected chi connectivity index (χ0v) is 16.0. The van der Waals surface area contributed by atoms with Gasteiger partial charge in [-0.2, -0.15) is 0 Å². The molecule has 0 radical (unpaired) electrons. The fraction of sp³-hybridized carbons (Fsp3) is 0.238. The average molecular weight is 399 g/mol. The summed E-state index contributed by atoms with van der Waals surface area (Å²) < 4.78 is 14.6. The Morgan fingerprint density at radius 3 is 2.52 bits per heavy atom. The average Bonchev–Trinajstić information content (AvgIpc) is 2.97. The van der Waals surface area contributed by atoms with Crippen LogP contribution in [0, 0.1) is 11.0 Å². The number of nitrogens with zero attached hydrogens (tertiary/aromatic N) is 2. The molecular weight excluding hydrogens is 379 g/mol. The number of ketones is 1. The number of hydrogen-bond donors (Lipinski definition) is 1. The first-order chi connectivity index (χ1) is 13.8. The van der Waals surface area contributed by atoms with Crippen molar-refractivity contribution < 1.29 is 23.9 Å². The van der Waals surface area contributed by atoms with E-state index in [2.05, 4.69) is 0 Å². The SMILES string of the molecule is CCON([O-])CCc1ccc(C(=O)c2c(O)n(C(C)=O)c3cc(F)ccc23)cc1. The number of fused-ring (bicyclic) bond motifs is 1. The molecule has 2 aromatic carbocycles. The van der Waals surface area contributed by atoms with E-state index in [4.69, 9.17) is 4.84 Å². The molecule has 3 aromatic rings. The molecule has 0 aliphatic rings. The van der Waals surface area contributed by atoms with Gasteiger partial charge in [0.15, 0.2) is 5.78 Å². The van der Waals surface area contributed by atoms with E-state index in [1.807, 2.05) is 0 Å². The van der Waals surface area contributed by atoms with Crippen molar-refractivity contribution in [1.82, 2.24) is 9.79 Å². The van der Waals surface area contributed by atoms with Crippen molar-refractivity contribution in [3.63, 3.8) is 0 Å². The summed E-state index contributed by atoms with van der Waals surface area (Å²) >= 11 is 0. The minimum Gasteiger partial charge on any atom is -0.762 e. The molecule has 0 spiro atoms. The molecule has 0 fully saturated rings. The molecule has 3 rings (SSSR count).